The van der Waals surface area contributed by atoms with Crippen LogP contribution in [0.5, 0.6) is 11.6 Å². The Morgan fingerprint density at radius 2 is 2.14 bits per heavy atom. The number of ether oxygens (including phenoxy) is 2. The van der Waals surface area contributed by atoms with Gasteiger partial charge in [0, 0.05) is 23.4 Å². The molecule has 0 aromatic carbocycles. The number of aromatic nitrogens is 1. The molecule has 1 aliphatic carbocycles. The first kappa shape index (κ1) is 17.1. The smallest absolute Gasteiger partial charge is 0.213 e. The Labute approximate surface area is 137 Å². The lowest BCUT2D eigenvalue weighted by molar-refractivity contribution is -0.123. The van der Waals surface area contributed by atoms with E-state index in [0.717, 1.165) is 12.8 Å². The van der Waals surface area contributed by atoms with Crippen molar-refractivity contribution in [1.29, 1.82) is 0 Å². The molecule has 1 aromatic rings. The summed E-state index contributed by atoms with van der Waals surface area (Å²) in [4.78, 5) is 15.7. The van der Waals surface area contributed by atoms with Crippen LogP contribution in [0.1, 0.15) is 33.6 Å². The quantitative estimate of drug-likeness (QED) is 0.568. The van der Waals surface area contributed by atoms with Gasteiger partial charge >= 0.3 is 0 Å². The second-order valence-electron chi connectivity index (χ2n) is 5.99. The van der Waals surface area contributed by atoms with Crippen molar-refractivity contribution in [3.63, 3.8) is 0 Å². The van der Waals surface area contributed by atoms with Crippen LogP contribution in [0.2, 0.25) is 0 Å². The molecule has 1 saturated carbocycles. The van der Waals surface area contributed by atoms with Crippen molar-refractivity contribution in [2.75, 3.05) is 6.61 Å². The van der Waals surface area contributed by atoms with Gasteiger partial charge < -0.3 is 14.8 Å². The van der Waals surface area contributed by atoms with Crippen LogP contribution in [0.25, 0.3) is 0 Å². The van der Waals surface area contributed by atoms with Gasteiger partial charge in [-0.15, -0.1) is 0 Å². The van der Waals surface area contributed by atoms with E-state index in [1.807, 2.05) is 20.8 Å². The molecule has 0 spiro atoms. The van der Waals surface area contributed by atoms with E-state index >= 15 is 0 Å². The minimum Gasteiger partial charge on any atom is -0.484 e. The number of carbonyl (C=O) groups excluding carboxylic acids is 1. The van der Waals surface area contributed by atoms with Crippen LogP contribution in [0, 0.1) is 5.92 Å². The third kappa shape index (κ3) is 5.18. The standard InChI is InChI=1S/C16H24N2O3S/c1-10(2)15(19)9-20-13-4-5-16(17-8-13)21-14-6-12(7-14)18-11(3)22/h4-5,8,10-12,14,18,22H,6-7,9H2,1-3H3. The SMILES string of the molecule is CC(S)NC1CC(Oc2ccc(OCC(=O)C(C)C)cn2)C1. The number of Topliss-reactive ketones (excluding diaryl/α,β-unsaturated/α-hetero) is 1. The highest BCUT2D eigenvalue weighted by atomic mass is 32.1. The summed E-state index contributed by atoms with van der Waals surface area (Å²) in [6, 6.07) is 4.03. The van der Waals surface area contributed by atoms with Crippen molar-refractivity contribution in [3.8, 4) is 11.6 Å². The number of carbonyl (C=O) groups is 1. The third-order valence-corrected chi connectivity index (χ3v) is 3.74. The second kappa shape index (κ2) is 7.83. The fourth-order valence-corrected chi connectivity index (χ4v) is 2.36. The van der Waals surface area contributed by atoms with Gasteiger partial charge in [-0.1, -0.05) is 13.8 Å². The van der Waals surface area contributed by atoms with Crippen molar-refractivity contribution in [1.82, 2.24) is 10.3 Å². The summed E-state index contributed by atoms with van der Waals surface area (Å²) in [5.74, 6) is 1.23. The minimum atomic E-state index is -0.0179. The van der Waals surface area contributed by atoms with E-state index in [9.17, 15) is 4.79 Å². The molecule has 0 radical (unpaired) electrons. The highest BCUT2D eigenvalue weighted by Gasteiger charge is 2.31. The van der Waals surface area contributed by atoms with Crippen LogP contribution < -0.4 is 14.8 Å². The molecule has 1 N–H and O–H groups in total. The van der Waals surface area contributed by atoms with Crippen molar-refractivity contribution in [2.45, 2.75) is 51.1 Å². The zero-order chi connectivity index (χ0) is 16.1. The molecule has 1 fully saturated rings. The number of hydrogen-bond acceptors (Lipinski definition) is 6. The fraction of sp³-hybridized carbons (Fsp3) is 0.625. The van der Waals surface area contributed by atoms with Crippen LogP contribution in [0.3, 0.4) is 0 Å². The van der Waals surface area contributed by atoms with Crippen LogP contribution in [0.15, 0.2) is 18.3 Å². The molecule has 22 heavy (non-hydrogen) atoms. The van der Waals surface area contributed by atoms with Gasteiger partial charge in [0.15, 0.2) is 5.78 Å². The summed E-state index contributed by atoms with van der Waals surface area (Å²) in [6.45, 7) is 5.81. The number of nitrogens with zero attached hydrogens (tertiary/aromatic N) is 1. The molecule has 0 bridgehead atoms. The van der Waals surface area contributed by atoms with Gasteiger partial charge in [-0.2, -0.15) is 12.6 Å². The van der Waals surface area contributed by atoms with E-state index in [-0.39, 0.29) is 29.8 Å². The lowest BCUT2D eigenvalue weighted by Crippen LogP contribution is -2.48. The van der Waals surface area contributed by atoms with Gasteiger partial charge in [-0.3, -0.25) is 4.79 Å². The Balaban J connectivity index is 1.72. The number of hydrogen-bond donors (Lipinski definition) is 2. The summed E-state index contributed by atoms with van der Waals surface area (Å²) in [7, 11) is 0. The number of rotatable bonds is 8. The average Bonchev–Trinajstić information content (AvgIpc) is 2.43. The average molecular weight is 324 g/mol. The summed E-state index contributed by atoms with van der Waals surface area (Å²) in [6.07, 6.45) is 3.72. The van der Waals surface area contributed by atoms with Gasteiger partial charge in [0.25, 0.3) is 0 Å². The molecule has 5 nitrogen and oxygen atoms in total. The maximum atomic E-state index is 11.5. The highest BCUT2D eigenvalue weighted by molar-refractivity contribution is 7.80. The molecular formula is C16H24N2O3S. The molecule has 1 unspecified atom stereocenters. The summed E-state index contributed by atoms with van der Waals surface area (Å²) < 4.78 is 11.2. The van der Waals surface area contributed by atoms with Crippen LogP contribution >= 0.6 is 12.6 Å². The Morgan fingerprint density at radius 3 is 2.68 bits per heavy atom. The Kier molecular flexibility index (Phi) is 6.08. The van der Waals surface area contributed by atoms with E-state index in [0.29, 0.717) is 17.7 Å². The Morgan fingerprint density at radius 1 is 1.41 bits per heavy atom. The lowest BCUT2D eigenvalue weighted by atomic mass is 9.89. The number of thiol groups is 1. The number of pyridine rings is 1. The molecule has 1 heterocycles. The molecule has 0 saturated heterocycles. The topological polar surface area (TPSA) is 60.5 Å². The van der Waals surface area contributed by atoms with E-state index in [2.05, 4.69) is 22.9 Å². The number of ketones is 1. The summed E-state index contributed by atoms with van der Waals surface area (Å²) >= 11 is 4.31. The molecule has 1 aliphatic rings. The predicted molar refractivity (Wildman–Crippen MR) is 88.6 cm³/mol. The van der Waals surface area contributed by atoms with Crippen LogP contribution in [-0.4, -0.2) is 34.9 Å². The van der Waals surface area contributed by atoms with Crippen molar-refractivity contribution in [3.05, 3.63) is 18.3 Å². The van der Waals surface area contributed by atoms with Gasteiger partial charge in [-0.05, 0) is 25.8 Å². The first-order valence-electron chi connectivity index (χ1n) is 7.66. The zero-order valence-corrected chi connectivity index (χ0v) is 14.2. The maximum Gasteiger partial charge on any atom is 0.213 e. The summed E-state index contributed by atoms with van der Waals surface area (Å²) in [5.41, 5.74) is 0. The lowest BCUT2D eigenvalue weighted by Gasteiger charge is -2.36. The Hall–Kier alpha value is -1.27. The first-order valence-corrected chi connectivity index (χ1v) is 8.18. The zero-order valence-electron chi connectivity index (χ0n) is 13.3. The number of nitrogens with one attached hydrogen (secondary N) is 1. The second-order valence-corrected chi connectivity index (χ2v) is 6.77. The maximum absolute atomic E-state index is 11.5. The van der Waals surface area contributed by atoms with E-state index in [1.54, 1.807) is 18.3 Å². The Bertz CT molecular complexity index is 485. The molecule has 1 aromatic heterocycles. The molecule has 0 amide bonds. The summed E-state index contributed by atoms with van der Waals surface area (Å²) in [5, 5.41) is 3.56. The largest absolute Gasteiger partial charge is 0.484 e. The first-order chi connectivity index (χ1) is 10.4. The van der Waals surface area contributed by atoms with Gasteiger partial charge in [0.1, 0.15) is 18.5 Å². The third-order valence-electron chi connectivity index (χ3n) is 3.59. The van der Waals surface area contributed by atoms with E-state index in [1.165, 1.54) is 0 Å². The van der Waals surface area contributed by atoms with E-state index < -0.39 is 0 Å². The molecule has 6 heteroatoms. The molecule has 1 atom stereocenters. The molecule has 122 valence electrons. The molecule has 0 aliphatic heterocycles. The highest BCUT2D eigenvalue weighted by Crippen LogP contribution is 2.26. The monoisotopic (exact) mass is 324 g/mol. The molecule has 2 rings (SSSR count). The van der Waals surface area contributed by atoms with Gasteiger partial charge in [0.2, 0.25) is 5.88 Å². The van der Waals surface area contributed by atoms with Crippen molar-refractivity contribution >= 4 is 18.4 Å². The fourth-order valence-electron chi connectivity index (χ4n) is 2.15. The van der Waals surface area contributed by atoms with Crippen molar-refractivity contribution in [2.24, 2.45) is 5.92 Å². The van der Waals surface area contributed by atoms with Crippen LogP contribution in [0.4, 0.5) is 0 Å². The van der Waals surface area contributed by atoms with E-state index in [4.69, 9.17) is 9.47 Å². The van der Waals surface area contributed by atoms with Crippen molar-refractivity contribution < 1.29 is 14.3 Å². The normalized spacial score (nSPS) is 22.0. The predicted octanol–water partition coefficient (Wildman–Crippen LogP) is 2.46. The van der Waals surface area contributed by atoms with Gasteiger partial charge in [0.05, 0.1) is 6.20 Å². The van der Waals surface area contributed by atoms with Crippen LogP contribution in [-0.2, 0) is 4.79 Å². The van der Waals surface area contributed by atoms with Gasteiger partial charge in [-0.25, -0.2) is 4.98 Å². The molecular weight excluding hydrogens is 300 g/mol. The minimum absolute atomic E-state index is 0.0179.